The highest BCUT2D eigenvalue weighted by atomic mass is 32.2. The van der Waals surface area contributed by atoms with Crippen molar-refractivity contribution in [2.45, 2.75) is 40.5 Å². The molecule has 0 aromatic carbocycles. The van der Waals surface area contributed by atoms with Gasteiger partial charge in [0.25, 0.3) is 0 Å². The average Bonchev–Trinajstić information content (AvgIpc) is 2.21. The number of allylic oxidation sites excluding steroid dienone is 3. The van der Waals surface area contributed by atoms with Crippen LogP contribution in [0.5, 0.6) is 0 Å². The second kappa shape index (κ2) is 7.48. The van der Waals surface area contributed by atoms with E-state index >= 15 is 0 Å². The molecule has 1 heterocycles. The van der Waals surface area contributed by atoms with Crippen LogP contribution >= 0.6 is 11.8 Å². The van der Waals surface area contributed by atoms with Gasteiger partial charge in [-0.1, -0.05) is 45.4 Å². The average molecular weight is 184 g/mol. The predicted molar refractivity (Wildman–Crippen MR) is 60.6 cm³/mol. The van der Waals surface area contributed by atoms with E-state index in [9.17, 15) is 0 Å². The van der Waals surface area contributed by atoms with Crippen LogP contribution in [0, 0.1) is 0 Å². The van der Waals surface area contributed by atoms with Gasteiger partial charge in [-0.15, -0.1) is 11.8 Å². The second-order valence-corrected chi connectivity index (χ2v) is 3.56. The number of rotatable bonds is 2. The summed E-state index contributed by atoms with van der Waals surface area (Å²) in [5.74, 6) is 1.22. The van der Waals surface area contributed by atoms with Crippen LogP contribution in [0.4, 0.5) is 0 Å². The summed E-state index contributed by atoms with van der Waals surface area (Å²) in [6.07, 6.45) is 6.93. The van der Waals surface area contributed by atoms with Crippen molar-refractivity contribution in [1.82, 2.24) is 0 Å². The normalized spacial score (nSPS) is 15.7. The fourth-order valence-corrected chi connectivity index (χ4v) is 1.97. The molecule has 0 aromatic heterocycles. The number of hydrogen-bond acceptors (Lipinski definition) is 1. The Labute approximate surface area is 81.1 Å². The standard InChI is InChI=1S/C9H14S.C2H6/c1-3-8-5-6-9(4-2)10-7-8;1-2/h5-6H,3-4,7H2,1-2H3;1-2H3. The third kappa shape index (κ3) is 4.01. The Morgan fingerprint density at radius 3 is 2.17 bits per heavy atom. The minimum absolute atomic E-state index is 1.19. The van der Waals surface area contributed by atoms with Crippen molar-refractivity contribution in [1.29, 1.82) is 0 Å². The Hall–Kier alpha value is -0.170. The van der Waals surface area contributed by atoms with Crippen molar-refractivity contribution in [2.24, 2.45) is 0 Å². The molecule has 0 aliphatic carbocycles. The first-order valence-electron chi connectivity index (χ1n) is 4.88. The molecule has 70 valence electrons. The molecular formula is C11H20S. The van der Waals surface area contributed by atoms with Crippen LogP contribution in [-0.2, 0) is 0 Å². The van der Waals surface area contributed by atoms with Gasteiger partial charge in [0.15, 0.2) is 0 Å². The zero-order valence-electron chi connectivity index (χ0n) is 8.68. The van der Waals surface area contributed by atoms with E-state index in [-0.39, 0.29) is 0 Å². The van der Waals surface area contributed by atoms with E-state index in [0.29, 0.717) is 0 Å². The van der Waals surface area contributed by atoms with Crippen molar-refractivity contribution in [3.8, 4) is 0 Å². The molecular weight excluding hydrogens is 164 g/mol. The molecule has 0 fully saturated rings. The summed E-state index contributed by atoms with van der Waals surface area (Å²) in [5, 5.41) is 0. The van der Waals surface area contributed by atoms with Crippen molar-refractivity contribution in [3.63, 3.8) is 0 Å². The summed E-state index contributed by atoms with van der Waals surface area (Å²) < 4.78 is 0. The lowest BCUT2D eigenvalue weighted by atomic mass is 10.2. The third-order valence-electron chi connectivity index (χ3n) is 1.75. The van der Waals surface area contributed by atoms with Gasteiger partial charge in [0, 0.05) is 5.75 Å². The van der Waals surface area contributed by atoms with Gasteiger partial charge in [-0.3, -0.25) is 0 Å². The second-order valence-electron chi connectivity index (χ2n) is 2.45. The van der Waals surface area contributed by atoms with Gasteiger partial charge in [0.05, 0.1) is 0 Å². The lowest BCUT2D eigenvalue weighted by molar-refractivity contribution is 1.10. The van der Waals surface area contributed by atoms with Crippen LogP contribution in [0.3, 0.4) is 0 Å². The lowest BCUT2D eigenvalue weighted by Crippen LogP contribution is -1.91. The first-order chi connectivity index (χ1) is 5.86. The molecule has 1 heteroatoms. The predicted octanol–water partition coefficient (Wildman–Crippen LogP) is 4.39. The Kier molecular flexibility index (Phi) is 7.37. The highest BCUT2D eigenvalue weighted by Crippen LogP contribution is 2.27. The van der Waals surface area contributed by atoms with Crippen molar-refractivity contribution >= 4 is 11.8 Å². The molecule has 1 aliphatic rings. The van der Waals surface area contributed by atoms with E-state index in [2.05, 4.69) is 26.0 Å². The molecule has 0 nitrogen and oxygen atoms in total. The fourth-order valence-electron chi connectivity index (χ4n) is 0.932. The van der Waals surface area contributed by atoms with Crippen LogP contribution in [0.2, 0.25) is 0 Å². The van der Waals surface area contributed by atoms with Crippen molar-refractivity contribution in [2.75, 3.05) is 5.75 Å². The first kappa shape index (κ1) is 11.8. The summed E-state index contributed by atoms with van der Waals surface area (Å²) in [5.41, 5.74) is 1.57. The SMILES string of the molecule is CC.CCC1=CC=C(CC)SC1. The van der Waals surface area contributed by atoms with Gasteiger partial charge < -0.3 is 0 Å². The maximum absolute atomic E-state index is 2.27. The van der Waals surface area contributed by atoms with Crippen LogP contribution in [0.25, 0.3) is 0 Å². The van der Waals surface area contributed by atoms with Gasteiger partial charge in [0.2, 0.25) is 0 Å². The Balaban J connectivity index is 0.000000561. The molecule has 0 bridgehead atoms. The van der Waals surface area contributed by atoms with Gasteiger partial charge >= 0.3 is 0 Å². The topological polar surface area (TPSA) is 0 Å². The monoisotopic (exact) mass is 184 g/mol. The largest absolute Gasteiger partial charge is 0.126 e. The van der Waals surface area contributed by atoms with E-state index < -0.39 is 0 Å². The van der Waals surface area contributed by atoms with Gasteiger partial charge in [0.1, 0.15) is 0 Å². The lowest BCUT2D eigenvalue weighted by Gasteiger charge is -2.10. The summed E-state index contributed by atoms with van der Waals surface area (Å²) >= 11 is 1.99. The highest BCUT2D eigenvalue weighted by Gasteiger charge is 2.02. The van der Waals surface area contributed by atoms with Crippen LogP contribution in [0.1, 0.15) is 40.5 Å². The fraction of sp³-hybridized carbons (Fsp3) is 0.636. The molecule has 0 unspecified atom stereocenters. The minimum atomic E-state index is 1.19. The molecule has 0 saturated carbocycles. The zero-order valence-corrected chi connectivity index (χ0v) is 9.50. The highest BCUT2D eigenvalue weighted by molar-refractivity contribution is 8.03. The molecule has 0 spiro atoms. The Morgan fingerprint density at radius 1 is 1.17 bits per heavy atom. The van der Waals surface area contributed by atoms with Crippen molar-refractivity contribution in [3.05, 3.63) is 22.6 Å². The van der Waals surface area contributed by atoms with E-state index in [1.807, 2.05) is 25.6 Å². The molecule has 0 atom stereocenters. The van der Waals surface area contributed by atoms with Gasteiger partial charge in [-0.25, -0.2) is 0 Å². The summed E-state index contributed by atoms with van der Waals surface area (Å²) in [7, 11) is 0. The summed E-state index contributed by atoms with van der Waals surface area (Å²) in [6.45, 7) is 8.43. The number of hydrogen-bond donors (Lipinski definition) is 0. The molecule has 0 aromatic rings. The minimum Gasteiger partial charge on any atom is -0.126 e. The number of thioether (sulfide) groups is 1. The van der Waals surface area contributed by atoms with Gasteiger partial charge in [-0.05, 0) is 17.7 Å². The van der Waals surface area contributed by atoms with E-state index in [1.54, 1.807) is 5.57 Å². The molecule has 12 heavy (non-hydrogen) atoms. The maximum Gasteiger partial charge on any atom is 0.0190 e. The first-order valence-corrected chi connectivity index (χ1v) is 5.86. The van der Waals surface area contributed by atoms with Gasteiger partial charge in [-0.2, -0.15) is 0 Å². The van der Waals surface area contributed by atoms with Crippen LogP contribution in [-0.4, -0.2) is 5.75 Å². The smallest absolute Gasteiger partial charge is 0.0190 e. The summed E-state index contributed by atoms with van der Waals surface area (Å²) in [4.78, 5) is 1.53. The quantitative estimate of drug-likeness (QED) is 0.613. The van der Waals surface area contributed by atoms with E-state index in [4.69, 9.17) is 0 Å². The van der Waals surface area contributed by atoms with Crippen molar-refractivity contribution < 1.29 is 0 Å². The zero-order chi connectivity index (χ0) is 9.40. The third-order valence-corrected chi connectivity index (χ3v) is 3.06. The van der Waals surface area contributed by atoms with E-state index in [1.165, 1.54) is 23.5 Å². The van der Waals surface area contributed by atoms with Crippen LogP contribution in [0.15, 0.2) is 22.6 Å². The Bertz CT molecular complexity index is 146. The molecule has 0 radical (unpaired) electrons. The Morgan fingerprint density at radius 2 is 1.83 bits per heavy atom. The maximum atomic E-state index is 2.27. The molecule has 0 amide bonds. The summed E-state index contributed by atoms with van der Waals surface area (Å²) in [6, 6.07) is 0. The molecule has 0 saturated heterocycles. The van der Waals surface area contributed by atoms with Crippen LogP contribution < -0.4 is 0 Å². The molecule has 1 rings (SSSR count). The van der Waals surface area contributed by atoms with E-state index in [0.717, 1.165) is 0 Å². The molecule has 0 N–H and O–H groups in total. The molecule has 1 aliphatic heterocycles.